The molecule has 3 nitrogen and oxygen atoms in total. The molecule has 0 spiro atoms. The Morgan fingerprint density at radius 1 is 1.27 bits per heavy atom. The van der Waals surface area contributed by atoms with Crippen molar-refractivity contribution in [1.82, 2.24) is 4.98 Å². The van der Waals surface area contributed by atoms with Gasteiger partial charge in [0.05, 0.1) is 15.2 Å². The van der Waals surface area contributed by atoms with Gasteiger partial charge in [-0.25, -0.2) is 4.98 Å². The summed E-state index contributed by atoms with van der Waals surface area (Å²) in [6.07, 6.45) is -3.55. The van der Waals surface area contributed by atoms with E-state index in [2.05, 4.69) is 14.5 Å². The van der Waals surface area contributed by atoms with Gasteiger partial charge in [0.25, 0.3) is 0 Å². The maximum Gasteiger partial charge on any atom is 0.586 e. The van der Waals surface area contributed by atoms with E-state index < -0.39 is 6.29 Å². The van der Waals surface area contributed by atoms with E-state index in [-0.39, 0.29) is 11.5 Å². The van der Waals surface area contributed by atoms with Crippen molar-refractivity contribution in [2.45, 2.75) is 13.2 Å². The normalized spacial score (nSPS) is 17.3. The Morgan fingerprint density at radius 3 is 2.67 bits per heavy atom. The number of fused-ring (bicyclic) bond motifs is 2. The number of rotatable bonds is 0. The van der Waals surface area contributed by atoms with Crippen LogP contribution in [-0.4, -0.2) is 11.3 Å². The number of thiazole rings is 1. The van der Waals surface area contributed by atoms with Gasteiger partial charge in [0.1, 0.15) is 0 Å². The molecule has 0 radical (unpaired) electrons. The molecule has 6 heteroatoms. The molecule has 1 aromatic heterocycles. The molecule has 0 unspecified atom stereocenters. The molecule has 0 saturated heterocycles. The summed E-state index contributed by atoms with van der Waals surface area (Å²) >= 11 is 1.43. The van der Waals surface area contributed by atoms with Gasteiger partial charge in [-0.05, 0) is 6.92 Å². The Kier molecular flexibility index (Phi) is 1.52. The molecule has 15 heavy (non-hydrogen) atoms. The van der Waals surface area contributed by atoms with E-state index in [1.54, 1.807) is 0 Å². The van der Waals surface area contributed by atoms with Crippen molar-refractivity contribution < 1.29 is 18.3 Å². The third-order valence-corrected chi connectivity index (χ3v) is 2.95. The van der Waals surface area contributed by atoms with Gasteiger partial charge in [-0.2, -0.15) is 0 Å². The summed E-state index contributed by atoms with van der Waals surface area (Å²) in [7, 11) is 0. The van der Waals surface area contributed by atoms with Gasteiger partial charge in [-0.15, -0.1) is 20.1 Å². The van der Waals surface area contributed by atoms with Crippen LogP contribution in [0.25, 0.3) is 10.2 Å². The lowest BCUT2D eigenvalue weighted by atomic mass is 10.3. The lowest BCUT2D eigenvalue weighted by molar-refractivity contribution is -0.286. The van der Waals surface area contributed by atoms with Gasteiger partial charge < -0.3 is 9.47 Å². The number of nitrogens with zero attached hydrogens (tertiary/aromatic N) is 1. The van der Waals surface area contributed by atoms with Gasteiger partial charge in [0.2, 0.25) is 0 Å². The number of aryl methyl sites for hydroxylation is 1. The summed E-state index contributed by atoms with van der Waals surface area (Å²) in [4.78, 5) is 4.18. The Bertz CT molecular complexity index is 507. The van der Waals surface area contributed by atoms with Crippen LogP contribution >= 0.6 is 11.3 Å². The molecular weight excluding hydrogens is 224 g/mol. The summed E-state index contributed by atoms with van der Waals surface area (Å²) in [5.41, 5.74) is 0.651. The fraction of sp³-hybridized carbons (Fsp3) is 0.222. The Morgan fingerprint density at radius 2 is 1.93 bits per heavy atom. The van der Waals surface area contributed by atoms with Crippen molar-refractivity contribution in [1.29, 1.82) is 0 Å². The monoisotopic (exact) mass is 229 g/mol. The van der Waals surface area contributed by atoms with Gasteiger partial charge in [-0.3, -0.25) is 0 Å². The third kappa shape index (κ3) is 1.32. The van der Waals surface area contributed by atoms with Crippen LogP contribution in [0.15, 0.2) is 12.1 Å². The number of alkyl halides is 2. The summed E-state index contributed by atoms with van der Waals surface area (Å²) < 4.78 is 34.9. The highest BCUT2D eigenvalue weighted by Crippen LogP contribution is 2.43. The van der Waals surface area contributed by atoms with Gasteiger partial charge in [-0.1, -0.05) is 0 Å². The lowest BCUT2D eigenvalue weighted by Gasteiger charge is -2.04. The van der Waals surface area contributed by atoms with Crippen LogP contribution < -0.4 is 9.47 Å². The first-order chi connectivity index (χ1) is 7.03. The number of aromatic nitrogens is 1. The van der Waals surface area contributed by atoms with Crippen LogP contribution in [0.2, 0.25) is 0 Å². The number of hydrogen-bond donors (Lipinski definition) is 0. The summed E-state index contributed by atoms with van der Waals surface area (Å²) in [6, 6.07) is 2.99. The molecule has 2 aromatic rings. The van der Waals surface area contributed by atoms with E-state index in [1.807, 2.05) is 6.92 Å². The maximum absolute atomic E-state index is 12.7. The molecule has 1 aromatic carbocycles. The summed E-state index contributed by atoms with van der Waals surface area (Å²) in [5.74, 6) is 0.106. The molecule has 0 bridgehead atoms. The zero-order valence-electron chi connectivity index (χ0n) is 7.58. The van der Waals surface area contributed by atoms with E-state index in [4.69, 9.17) is 0 Å². The smallest absolute Gasteiger partial charge is 0.395 e. The van der Waals surface area contributed by atoms with E-state index >= 15 is 0 Å². The molecule has 0 saturated carbocycles. The van der Waals surface area contributed by atoms with E-state index in [0.717, 1.165) is 9.71 Å². The summed E-state index contributed by atoms with van der Waals surface area (Å²) in [5, 5.41) is 0.875. The first-order valence-corrected chi connectivity index (χ1v) is 5.02. The Labute approximate surface area is 87.3 Å². The average molecular weight is 229 g/mol. The number of benzene rings is 1. The van der Waals surface area contributed by atoms with E-state index in [1.165, 1.54) is 23.5 Å². The fourth-order valence-electron chi connectivity index (χ4n) is 1.49. The van der Waals surface area contributed by atoms with Crippen molar-refractivity contribution in [2.24, 2.45) is 0 Å². The van der Waals surface area contributed by atoms with Gasteiger partial charge >= 0.3 is 6.29 Å². The first-order valence-electron chi connectivity index (χ1n) is 4.20. The van der Waals surface area contributed by atoms with Crippen LogP contribution in [0, 0.1) is 6.92 Å². The van der Waals surface area contributed by atoms with Gasteiger partial charge in [0.15, 0.2) is 11.5 Å². The summed E-state index contributed by atoms with van der Waals surface area (Å²) in [6.45, 7) is 1.85. The standard InChI is InChI=1S/C9H5F2NO2S/c1-4-12-5-2-6-7(3-8(5)15-4)14-9(10,11)13-6/h2-3H,1H3. The second kappa shape index (κ2) is 2.57. The van der Waals surface area contributed by atoms with Crippen LogP contribution in [0.4, 0.5) is 8.78 Å². The van der Waals surface area contributed by atoms with Gasteiger partial charge in [0, 0.05) is 12.1 Å². The molecular formula is C9H5F2NO2S. The molecule has 2 heterocycles. The van der Waals surface area contributed by atoms with Crippen LogP contribution in [-0.2, 0) is 0 Å². The molecule has 0 atom stereocenters. The average Bonchev–Trinajstić information content (AvgIpc) is 2.55. The topological polar surface area (TPSA) is 31.4 Å². The molecule has 0 N–H and O–H groups in total. The predicted octanol–water partition coefficient (Wildman–Crippen LogP) is 2.93. The Hall–Kier alpha value is -1.43. The maximum atomic E-state index is 12.7. The number of ether oxygens (including phenoxy) is 2. The molecule has 0 fully saturated rings. The number of halogens is 2. The molecule has 1 aliphatic heterocycles. The van der Waals surface area contributed by atoms with Crippen LogP contribution in [0.5, 0.6) is 11.5 Å². The van der Waals surface area contributed by atoms with Crippen molar-refractivity contribution in [2.75, 3.05) is 0 Å². The minimum absolute atomic E-state index is 0.0396. The fourth-order valence-corrected chi connectivity index (χ4v) is 2.32. The minimum Gasteiger partial charge on any atom is -0.395 e. The lowest BCUT2D eigenvalue weighted by Crippen LogP contribution is -2.25. The minimum atomic E-state index is -3.55. The Balaban J connectivity index is 2.21. The predicted molar refractivity (Wildman–Crippen MR) is 50.6 cm³/mol. The van der Waals surface area contributed by atoms with E-state index in [9.17, 15) is 8.78 Å². The van der Waals surface area contributed by atoms with Crippen molar-refractivity contribution in [3.8, 4) is 11.5 Å². The highest BCUT2D eigenvalue weighted by atomic mass is 32.1. The molecule has 3 rings (SSSR count). The largest absolute Gasteiger partial charge is 0.586 e. The van der Waals surface area contributed by atoms with Crippen molar-refractivity contribution in [3.63, 3.8) is 0 Å². The second-order valence-electron chi connectivity index (χ2n) is 3.17. The van der Waals surface area contributed by atoms with Crippen molar-refractivity contribution >= 4 is 21.6 Å². The molecule has 1 aliphatic rings. The zero-order valence-corrected chi connectivity index (χ0v) is 8.40. The SMILES string of the molecule is Cc1nc2cc3c(cc2s1)OC(F)(F)O3. The third-order valence-electron chi connectivity index (χ3n) is 2.02. The quantitative estimate of drug-likeness (QED) is 0.696. The van der Waals surface area contributed by atoms with E-state index in [0.29, 0.717) is 5.52 Å². The zero-order chi connectivity index (χ0) is 10.6. The number of hydrogen-bond acceptors (Lipinski definition) is 4. The first kappa shape index (κ1) is 8.84. The highest BCUT2D eigenvalue weighted by molar-refractivity contribution is 7.18. The highest BCUT2D eigenvalue weighted by Gasteiger charge is 2.43. The second-order valence-corrected chi connectivity index (χ2v) is 4.40. The molecule has 78 valence electrons. The van der Waals surface area contributed by atoms with Crippen LogP contribution in [0.3, 0.4) is 0 Å². The van der Waals surface area contributed by atoms with Crippen molar-refractivity contribution in [3.05, 3.63) is 17.1 Å². The molecule has 0 aliphatic carbocycles. The van der Waals surface area contributed by atoms with Crippen LogP contribution in [0.1, 0.15) is 5.01 Å². The molecule has 0 amide bonds.